The fourth-order valence-corrected chi connectivity index (χ4v) is 3.63. The zero-order valence-electron chi connectivity index (χ0n) is 14.0. The summed E-state index contributed by atoms with van der Waals surface area (Å²) in [6.07, 6.45) is 4.05. The van der Waals surface area contributed by atoms with Crippen molar-refractivity contribution in [1.29, 1.82) is 0 Å². The van der Waals surface area contributed by atoms with Gasteiger partial charge in [0.15, 0.2) is 0 Å². The fourth-order valence-electron chi connectivity index (χ4n) is 3.04. The molecule has 0 aromatic heterocycles. The first-order valence-electron chi connectivity index (χ1n) is 8.36. The van der Waals surface area contributed by atoms with E-state index in [1.54, 1.807) is 11.8 Å². The summed E-state index contributed by atoms with van der Waals surface area (Å²) in [6, 6.07) is 18.3. The van der Waals surface area contributed by atoms with Crippen LogP contribution in [0.4, 0.5) is 0 Å². The molecule has 0 spiro atoms. The Bertz CT molecular complexity index is 674. The number of hydrogen-bond acceptors (Lipinski definition) is 3. The highest BCUT2D eigenvalue weighted by atomic mass is 32.2. The maximum Gasteiger partial charge on any atom is 0.255 e. The molecular formula is C20H23NO2S. The Hall–Kier alpha value is -1.78. The van der Waals surface area contributed by atoms with Crippen molar-refractivity contribution in [3.05, 3.63) is 65.7 Å². The van der Waals surface area contributed by atoms with Gasteiger partial charge in [-0.1, -0.05) is 42.5 Å². The summed E-state index contributed by atoms with van der Waals surface area (Å²) in [5.74, 6) is 0.118. The van der Waals surface area contributed by atoms with Crippen molar-refractivity contribution in [3.8, 4) is 0 Å². The van der Waals surface area contributed by atoms with E-state index in [1.165, 1.54) is 5.56 Å². The highest BCUT2D eigenvalue weighted by Gasteiger charge is 2.26. The van der Waals surface area contributed by atoms with E-state index in [9.17, 15) is 4.79 Å². The summed E-state index contributed by atoms with van der Waals surface area (Å²) in [5, 5.41) is 0. The lowest BCUT2D eigenvalue weighted by Crippen LogP contribution is -2.45. The predicted octanol–water partition coefficient (Wildman–Crippen LogP) is 3.88. The zero-order chi connectivity index (χ0) is 16.8. The molecule has 1 amide bonds. The topological polar surface area (TPSA) is 29.5 Å². The number of carbonyl (C=O) groups is 1. The Labute approximate surface area is 148 Å². The van der Waals surface area contributed by atoms with Crippen molar-refractivity contribution in [2.75, 3.05) is 26.0 Å². The average molecular weight is 341 g/mol. The van der Waals surface area contributed by atoms with Gasteiger partial charge < -0.3 is 9.64 Å². The molecule has 0 bridgehead atoms. The Kier molecular flexibility index (Phi) is 5.94. The number of carbonyl (C=O) groups excluding carboxylic acids is 1. The zero-order valence-corrected chi connectivity index (χ0v) is 14.8. The second kappa shape index (κ2) is 8.36. The van der Waals surface area contributed by atoms with E-state index in [-0.39, 0.29) is 12.0 Å². The molecule has 2 aromatic rings. The van der Waals surface area contributed by atoms with Gasteiger partial charge in [-0.2, -0.15) is 0 Å². The fraction of sp³-hybridized carbons (Fsp3) is 0.350. The molecule has 1 atom stereocenters. The van der Waals surface area contributed by atoms with Crippen LogP contribution in [0.25, 0.3) is 0 Å². The second-order valence-corrected chi connectivity index (χ2v) is 6.82. The molecule has 0 radical (unpaired) electrons. The molecule has 1 aliphatic rings. The first kappa shape index (κ1) is 17.1. The van der Waals surface area contributed by atoms with Crippen molar-refractivity contribution in [2.24, 2.45) is 0 Å². The van der Waals surface area contributed by atoms with Crippen molar-refractivity contribution in [3.63, 3.8) is 0 Å². The highest BCUT2D eigenvalue weighted by molar-refractivity contribution is 7.98. The summed E-state index contributed by atoms with van der Waals surface area (Å²) in [6.45, 7) is 1.96. The van der Waals surface area contributed by atoms with Crippen molar-refractivity contribution in [1.82, 2.24) is 4.90 Å². The third-order valence-corrected chi connectivity index (χ3v) is 5.16. The van der Waals surface area contributed by atoms with Gasteiger partial charge in [0.25, 0.3) is 5.91 Å². The van der Waals surface area contributed by atoms with E-state index < -0.39 is 0 Å². The number of amides is 1. The smallest absolute Gasteiger partial charge is 0.255 e. The van der Waals surface area contributed by atoms with Crippen LogP contribution in [-0.4, -0.2) is 42.9 Å². The third kappa shape index (κ3) is 4.19. The van der Waals surface area contributed by atoms with E-state index in [4.69, 9.17) is 4.74 Å². The Balaban J connectivity index is 1.61. The molecule has 126 valence electrons. The van der Waals surface area contributed by atoms with Gasteiger partial charge in [-0.25, -0.2) is 0 Å². The number of hydrogen-bond donors (Lipinski definition) is 0. The minimum absolute atomic E-state index is 0.115. The number of nitrogens with zero attached hydrogens (tertiary/aromatic N) is 1. The summed E-state index contributed by atoms with van der Waals surface area (Å²) < 4.78 is 5.87. The van der Waals surface area contributed by atoms with Crippen LogP contribution in [0.5, 0.6) is 0 Å². The van der Waals surface area contributed by atoms with Crippen molar-refractivity contribution < 1.29 is 9.53 Å². The minimum atomic E-state index is 0.115. The second-order valence-electron chi connectivity index (χ2n) is 5.97. The quantitative estimate of drug-likeness (QED) is 0.773. The SMILES string of the molecule is CSc1ccccc1C(=O)N1CCO[C@H](CCc2ccccc2)C1. The first-order chi connectivity index (χ1) is 11.8. The molecule has 0 unspecified atom stereocenters. The summed E-state index contributed by atoms with van der Waals surface area (Å²) in [4.78, 5) is 15.8. The molecule has 0 aliphatic carbocycles. The third-order valence-electron chi connectivity index (χ3n) is 4.36. The maximum atomic E-state index is 12.9. The number of morpholine rings is 1. The van der Waals surface area contributed by atoms with E-state index in [0.717, 1.165) is 23.3 Å². The molecular weight excluding hydrogens is 318 g/mol. The number of rotatable bonds is 5. The normalized spacial score (nSPS) is 17.7. The number of ether oxygens (including phenoxy) is 1. The molecule has 4 heteroatoms. The summed E-state index contributed by atoms with van der Waals surface area (Å²) in [7, 11) is 0. The molecule has 2 aromatic carbocycles. The number of benzene rings is 2. The lowest BCUT2D eigenvalue weighted by Gasteiger charge is -2.33. The Morgan fingerprint density at radius 2 is 1.92 bits per heavy atom. The van der Waals surface area contributed by atoms with Crippen LogP contribution in [-0.2, 0) is 11.2 Å². The lowest BCUT2D eigenvalue weighted by molar-refractivity contribution is -0.0247. The van der Waals surface area contributed by atoms with Gasteiger partial charge in [0.2, 0.25) is 0 Å². The number of aryl methyl sites for hydroxylation is 1. The molecule has 1 fully saturated rings. The molecule has 3 rings (SSSR count). The van der Waals surface area contributed by atoms with Crippen LogP contribution in [0.3, 0.4) is 0 Å². The van der Waals surface area contributed by atoms with Gasteiger partial charge >= 0.3 is 0 Å². The summed E-state index contributed by atoms with van der Waals surface area (Å²) in [5.41, 5.74) is 2.12. The largest absolute Gasteiger partial charge is 0.375 e. The molecule has 1 saturated heterocycles. The van der Waals surface area contributed by atoms with Gasteiger partial charge in [-0.3, -0.25) is 4.79 Å². The Morgan fingerprint density at radius 1 is 1.17 bits per heavy atom. The first-order valence-corrected chi connectivity index (χ1v) is 9.58. The van der Waals surface area contributed by atoms with Crippen LogP contribution in [0.1, 0.15) is 22.3 Å². The van der Waals surface area contributed by atoms with Crippen molar-refractivity contribution in [2.45, 2.75) is 23.8 Å². The lowest BCUT2D eigenvalue weighted by atomic mass is 10.1. The molecule has 3 nitrogen and oxygen atoms in total. The maximum absolute atomic E-state index is 12.9. The van der Waals surface area contributed by atoms with Gasteiger partial charge in [0.1, 0.15) is 0 Å². The monoisotopic (exact) mass is 341 g/mol. The average Bonchev–Trinajstić information content (AvgIpc) is 2.67. The predicted molar refractivity (Wildman–Crippen MR) is 98.6 cm³/mol. The molecule has 0 saturated carbocycles. The van der Waals surface area contributed by atoms with Gasteiger partial charge in [-0.15, -0.1) is 11.8 Å². The molecule has 1 heterocycles. The van der Waals surface area contributed by atoms with E-state index in [2.05, 4.69) is 24.3 Å². The minimum Gasteiger partial charge on any atom is -0.375 e. The van der Waals surface area contributed by atoms with Gasteiger partial charge in [0, 0.05) is 18.0 Å². The number of thioether (sulfide) groups is 1. The van der Waals surface area contributed by atoms with Crippen LogP contribution in [0, 0.1) is 0 Å². The summed E-state index contributed by atoms with van der Waals surface area (Å²) >= 11 is 1.62. The van der Waals surface area contributed by atoms with E-state index >= 15 is 0 Å². The standard InChI is InChI=1S/C20H23NO2S/c1-24-19-10-6-5-9-18(19)20(22)21-13-14-23-17(15-21)12-11-16-7-3-2-4-8-16/h2-10,17H,11-15H2,1H3/t17-/m1/s1. The highest BCUT2D eigenvalue weighted by Crippen LogP contribution is 2.23. The Morgan fingerprint density at radius 3 is 2.71 bits per heavy atom. The van der Waals surface area contributed by atoms with Crippen LogP contribution in [0.15, 0.2) is 59.5 Å². The van der Waals surface area contributed by atoms with E-state index in [1.807, 2.05) is 41.5 Å². The van der Waals surface area contributed by atoms with E-state index in [0.29, 0.717) is 19.7 Å². The van der Waals surface area contributed by atoms with Crippen molar-refractivity contribution >= 4 is 17.7 Å². The van der Waals surface area contributed by atoms with Crippen LogP contribution in [0.2, 0.25) is 0 Å². The van der Waals surface area contributed by atoms with Gasteiger partial charge in [0.05, 0.1) is 18.3 Å². The van der Waals surface area contributed by atoms with Crippen LogP contribution < -0.4 is 0 Å². The molecule has 1 aliphatic heterocycles. The molecule has 24 heavy (non-hydrogen) atoms. The van der Waals surface area contributed by atoms with Gasteiger partial charge in [-0.05, 0) is 36.8 Å². The van der Waals surface area contributed by atoms with Crippen LogP contribution >= 0.6 is 11.8 Å². The molecule has 0 N–H and O–H groups in total.